The van der Waals surface area contributed by atoms with Gasteiger partial charge in [0.05, 0.1) is 28.7 Å². The number of rotatable bonds is 27. The number of hydrogen-bond acceptors (Lipinski definition) is 10. The summed E-state index contributed by atoms with van der Waals surface area (Å²) in [5, 5.41) is 39.3. The van der Waals surface area contributed by atoms with E-state index in [1.807, 2.05) is 106 Å². The molecule has 74 heavy (non-hydrogen) atoms. The van der Waals surface area contributed by atoms with Crippen LogP contribution in [0.15, 0.2) is 103 Å². The predicted octanol–water partition coefficient (Wildman–Crippen LogP) is 10.9. The zero-order valence-corrected chi connectivity index (χ0v) is 44.8. The van der Waals surface area contributed by atoms with Gasteiger partial charge in [0.2, 0.25) is 23.6 Å². The first-order chi connectivity index (χ1) is 35.6. The van der Waals surface area contributed by atoms with E-state index in [1.165, 1.54) is 4.90 Å². The summed E-state index contributed by atoms with van der Waals surface area (Å²) in [6.07, 6.45) is 11.0. The van der Waals surface area contributed by atoms with E-state index in [-0.39, 0.29) is 54.6 Å². The van der Waals surface area contributed by atoms with Gasteiger partial charge in [-0.25, -0.2) is 4.98 Å². The van der Waals surface area contributed by atoms with Gasteiger partial charge in [0, 0.05) is 32.4 Å². The molecule has 0 saturated carbocycles. The van der Waals surface area contributed by atoms with Gasteiger partial charge in [-0.2, -0.15) is 0 Å². The minimum absolute atomic E-state index is 0.0279. The van der Waals surface area contributed by atoms with Gasteiger partial charge >= 0.3 is 0 Å². The number of allylic oxidation sites excluding steroid dienone is 1. The molecule has 396 valence electrons. The molecule has 1 aromatic heterocycles. The lowest BCUT2D eigenvalue weighted by Gasteiger charge is -2.35. The summed E-state index contributed by atoms with van der Waals surface area (Å²) in [6.45, 7) is 10.9. The number of aromatic hydroxyl groups is 2. The molecule has 14 heteroatoms. The molecule has 1 saturated heterocycles. The minimum Gasteiger partial charge on any atom is -0.508 e. The number of aliphatic hydroxyl groups excluding tert-OH is 1. The topological polar surface area (TPSA) is 190 Å². The van der Waals surface area contributed by atoms with Crippen molar-refractivity contribution in [2.24, 2.45) is 5.41 Å². The number of aryl methyl sites for hydroxylation is 1. The Morgan fingerprint density at radius 2 is 1.27 bits per heavy atom. The van der Waals surface area contributed by atoms with Gasteiger partial charge < -0.3 is 40.9 Å². The number of carbonyl (C=O) groups excluding carboxylic acids is 4. The first kappa shape index (κ1) is 56.8. The van der Waals surface area contributed by atoms with Crippen molar-refractivity contribution in [3.05, 3.63) is 131 Å². The number of ether oxygens (including phenoxy) is 1. The molecule has 13 nitrogen and oxygen atoms in total. The van der Waals surface area contributed by atoms with Crippen molar-refractivity contribution < 1.29 is 39.2 Å². The highest BCUT2D eigenvalue weighted by Crippen LogP contribution is 2.36. The van der Waals surface area contributed by atoms with Gasteiger partial charge in [-0.15, -0.1) is 11.3 Å². The minimum atomic E-state index is -0.847. The highest BCUT2D eigenvalue weighted by Gasteiger charge is 2.44. The quantitative estimate of drug-likeness (QED) is 0.0220. The van der Waals surface area contributed by atoms with Gasteiger partial charge in [0.25, 0.3) is 0 Å². The molecule has 1 aliphatic rings. The zero-order chi connectivity index (χ0) is 53.0. The van der Waals surface area contributed by atoms with Crippen molar-refractivity contribution in [3.63, 3.8) is 0 Å². The van der Waals surface area contributed by atoms with Crippen molar-refractivity contribution in [1.82, 2.24) is 25.8 Å². The molecule has 6 N–H and O–H groups in total. The van der Waals surface area contributed by atoms with Gasteiger partial charge in [-0.05, 0) is 107 Å². The molecule has 4 aromatic carbocycles. The number of nitrogens with zero attached hydrogens (tertiary/aromatic N) is 2. The highest BCUT2D eigenvalue weighted by atomic mass is 32.1. The maximum Gasteiger partial charge on any atom is 0.246 e. The standard InChI is InChI=1S/C60H77N5O8S/c1-6-51(43-23-29-47(66)30-24-43)55(44-25-31-48(67)32-26-44)45-27-33-50(34-28-45)73-36-35-61-53(69)17-15-13-11-9-7-8-10-12-14-16-18-54(70)64-57(60(3,4)5)59(72)65-39-49(68)37-52(65)58(71)62-38-42-19-21-46(22-20-42)56-41(2)63-40-74-56/h19-34,40,49,52,57,66-68H,6-18,35-39H2,1-5H3,(H,61,69)(H,62,71)(H,64,70)/t49-,52+,57?/m1/s1. The van der Waals surface area contributed by atoms with Gasteiger partial charge in [0.15, 0.2) is 0 Å². The van der Waals surface area contributed by atoms with Crippen LogP contribution in [0, 0.1) is 12.3 Å². The Morgan fingerprint density at radius 3 is 1.81 bits per heavy atom. The molecule has 0 spiro atoms. The lowest BCUT2D eigenvalue weighted by atomic mass is 9.85. The van der Waals surface area contributed by atoms with E-state index in [0.29, 0.717) is 31.7 Å². The number of phenolic OH excluding ortho intramolecular Hbond substituents is 2. The second-order valence-electron chi connectivity index (χ2n) is 20.5. The monoisotopic (exact) mass is 1030 g/mol. The Hall–Kier alpha value is -6.51. The number of carbonyl (C=O) groups is 4. The van der Waals surface area contributed by atoms with Crippen LogP contribution in [-0.2, 0) is 25.7 Å². The average molecular weight is 1030 g/mol. The smallest absolute Gasteiger partial charge is 0.246 e. The highest BCUT2D eigenvalue weighted by molar-refractivity contribution is 7.13. The number of aliphatic hydroxyl groups is 1. The second-order valence-corrected chi connectivity index (χ2v) is 21.4. The Bertz CT molecular complexity index is 2610. The normalized spacial score (nSPS) is 15.3. The molecule has 1 fully saturated rings. The number of thiazole rings is 1. The average Bonchev–Trinajstić information content (AvgIpc) is 4.01. The molecule has 3 atom stereocenters. The summed E-state index contributed by atoms with van der Waals surface area (Å²) in [4.78, 5) is 60.0. The maximum absolute atomic E-state index is 14.0. The Kier molecular flexibility index (Phi) is 21.7. The fourth-order valence-corrected chi connectivity index (χ4v) is 10.3. The summed E-state index contributed by atoms with van der Waals surface area (Å²) in [6, 6.07) is 28.5. The van der Waals surface area contributed by atoms with Crippen LogP contribution in [0.4, 0.5) is 0 Å². The number of nitrogens with one attached hydrogen (secondary N) is 3. The van der Waals surface area contributed by atoms with Crippen molar-refractivity contribution in [1.29, 1.82) is 0 Å². The molecule has 4 amide bonds. The van der Waals surface area contributed by atoms with Crippen LogP contribution in [0.1, 0.15) is 146 Å². The Labute approximate surface area is 441 Å². The van der Waals surface area contributed by atoms with Crippen LogP contribution >= 0.6 is 11.3 Å². The van der Waals surface area contributed by atoms with E-state index < -0.39 is 23.6 Å². The lowest BCUT2D eigenvalue weighted by Crippen LogP contribution is -2.57. The number of phenols is 2. The summed E-state index contributed by atoms with van der Waals surface area (Å²) in [5.41, 5.74) is 9.28. The molecule has 1 aliphatic heterocycles. The van der Waals surface area contributed by atoms with Crippen LogP contribution in [-0.4, -0.2) is 86.7 Å². The number of amides is 4. The van der Waals surface area contributed by atoms with Crippen LogP contribution in [0.5, 0.6) is 17.2 Å². The Morgan fingerprint density at radius 1 is 0.730 bits per heavy atom. The van der Waals surface area contributed by atoms with E-state index in [1.54, 1.807) is 35.6 Å². The van der Waals surface area contributed by atoms with Gasteiger partial charge in [0.1, 0.15) is 35.9 Å². The third-order valence-corrected chi connectivity index (χ3v) is 14.6. The van der Waals surface area contributed by atoms with Crippen LogP contribution in [0.25, 0.3) is 21.6 Å². The summed E-state index contributed by atoms with van der Waals surface area (Å²) in [5.74, 6) is 0.262. The van der Waals surface area contributed by atoms with Crippen molar-refractivity contribution in [2.45, 2.75) is 149 Å². The van der Waals surface area contributed by atoms with E-state index in [0.717, 1.165) is 120 Å². The fourth-order valence-electron chi connectivity index (χ4n) is 9.50. The van der Waals surface area contributed by atoms with Crippen molar-refractivity contribution >= 4 is 46.1 Å². The van der Waals surface area contributed by atoms with E-state index in [9.17, 15) is 34.5 Å². The first-order valence-electron chi connectivity index (χ1n) is 26.5. The number of aromatic nitrogens is 1. The SMILES string of the molecule is CCC(=C(c1ccc(O)cc1)c1ccc(OCCNC(=O)CCCCCCCCCCCCC(=O)NC(C(=O)N2C[C@H](O)C[C@H]2C(=O)NCc2ccc(-c3scnc3C)cc2)C(C)(C)C)cc1)c1ccc(O)cc1. The zero-order valence-electron chi connectivity index (χ0n) is 44.0. The number of benzene rings is 4. The van der Waals surface area contributed by atoms with Gasteiger partial charge in [-0.1, -0.05) is 140 Å². The summed E-state index contributed by atoms with van der Waals surface area (Å²) in [7, 11) is 0. The second kappa shape index (κ2) is 28.2. The maximum atomic E-state index is 14.0. The third-order valence-electron chi connectivity index (χ3n) is 13.6. The van der Waals surface area contributed by atoms with Crippen LogP contribution in [0.2, 0.25) is 0 Å². The molecule has 5 aromatic rings. The summed E-state index contributed by atoms with van der Waals surface area (Å²) < 4.78 is 5.96. The van der Waals surface area contributed by atoms with Crippen LogP contribution < -0.4 is 20.7 Å². The van der Waals surface area contributed by atoms with E-state index in [4.69, 9.17) is 4.74 Å². The fraction of sp³-hybridized carbons (Fsp3) is 0.450. The molecule has 0 bridgehead atoms. The molecule has 0 radical (unpaired) electrons. The van der Waals surface area contributed by atoms with Gasteiger partial charge in [-0.3, -0.25) is 19.2 Å². The Balaban J connectivity index is 0.803. The lowest BCUT2D eigenvalue weighted by molar-refractivity contribution is -0.144. The van der Waals surface area contributed by atoms with Crippen LogP contribution in [0.3, 0.4) is 0 Å². The molecular formula is C60H77N5O8S. The first-order valence-corrected chi connectivity index (χ1v) is 27.4. The molecule has 1 unspecified atom stereocenters. The predicted molar refractivity (Wildman–Crippen MR) is 294 cm³/mol. The molecule has 0 aliphatic carbocycles. The molecule has 2 heterocycles. The number of likely N-dealkylation sites (tertiary alicyclic amines) is 1. The third kappa shape index (κ3) is 17.0. The molecular weight excluding hydrogens is 951 g/mol. The number of β-amino-alcohol motifs (C(OH)–C–C–N with tert-alkyl or cyclic N) is 1. The van der Waals surface area contributed by atoms with E-state index >= 15 is 0 Å². The number of hydrogen-bond donors (Lipinski definition) is 6. The number of unbranched alkanes of at least 4 members (excludes halogenated alkanes) is 9. The van der Waals surface area contributed by atoms with Crippen molar-refractivity contribution in [3.8, 4) is 27.7 Å². The largest absolute Gasteiger partial charge is 0.508 e. The summed E-state index contributed by atoms with van der Waals surface area (Å²) >= 11 is 1.58. The van der Waals surface area contributed by atoms with E-state index in [2.05, 4.69) is 27.9 Å². The van der Waals surface area contributed by atoms with Crippen molar-refractivity contribution in [2.75, 3.05) is 19.7 Å². The molecule has 6 rings (SSSR count).